The fourth-order valence-electron chi connectivity index (χ4n) is 2.91. The quantitative estimate of drug-likeness (QED) is 0.339. The van der Waals surface area contributed by atoms with Crippen LogP contribution in [-0.2, 0) is 20.9 Å². The van der Waals surface area contributed by atoms with Gasteiger partial charge in [-0.25, -0.2) is 0 Å². The summed E-state index contributed by atoms with van der Waals surface area (Å²) < 4.78 is 7.63. The van der Waals surface area contributed by atoms with E-state index < -0.39 is 5.91 Å². The molecule has 1 N–H and O–H groups in total. The Hall–Kier alpha value is -3.37. The molecule has 0 aliphatic rings. The predicted molar refractivity (Wildman–Crippen MR) is 115 cm³/mol. The third-order valence-electron chi connectivity index (χ3n) is 4.18. The number of rotatable bonds is 6. The lowest BCUT2D eigenvalue weighted by atomic mass is 10.1. The average Bonchev–Trinajstić information content (AvgIpc) is 3.03. The maximum absolute atomic E-state index is 12.5. The molecular formula is C22H18BrN3O3. The number of esters is 1. The number of hydrogen-bond acceptors (Lipinski definition) is 4. The van der Waals surface area contributed by atoms with Crippen molar-refractivity contribution in [3.8, 4) is 6.07 Å². The molecule has 0 radical (unpaired) electrons. The molecule has 1 heterocycles. The van der Waals surface area contributed by atoms with Gasteiger partial charge >= 0.3 is 5.97 Å². The maximum atomic E-state index is 12.5. The number of nitrogens with zero attached hydrogens (tertiary/aromatic N) is 2. The fourth-order valence-corrected chi connectivity index (χ4v) is 3.27. The first-order valence-electron chi connectivity index (χ1n) is 8.94. The summed E-state index contributed by atoms with van der Waals surface area (Å²) >= 11 is 3.44. The lowest BCUT2D eigenvalue weighted by Crippen LogP contribution is -2.13. The zero-order valence-electron chi connectivity index (χ0n) is 15.7. The van der Waals surface area contributed by atoms with E-state index in [1.54, 1.807) is 42.0 Å². The highest BCUT2D eigenvalue weighted by Crippen LogP contribution is 2.27. The molecule has 0 bridgehead atoms. The van der Waals surface area contributed by atoms with Crippen LogP contribution >= 0.6 is 15.9 Å². The van der Waals surface area contributed by atoms with Crippen LogP contribution in [0.2, 0.25) is 0 Å². The Bertz CT molecular complexity index is 1130. The third-order valence-corrected chi connectivity index (χ3v) is 4.67. The molecule has 2 aromatic carbocycles. The molecule has 146 valence electrons. The molecule has 0 aliphatic heterocycles. The maximum Gasteiger partial charge on any atom is 0.325 e. The number of amides is 1. The molecule has 3 rings (SSSR count). The second-order valence-electron chi connectivity index (χ2n) is 6.17. The van der Waals surface area contributed by atoms with Crippen molar-refractivity contribution in [3.63, 3.8) is 0 Å². The zero-order valence-corrected chi connectivity index (χ0v) is 17.3. The molecule has 3 aromatic rings. The number of nitrogens with one attached hydrogen (secondary N) is 1. The van der Waals surface area contributed by atoms with Crippen molar-refractivity contribution in [1.29, 1.82) is 5.26 Å². The van der Waals surface area contributed by atoms with Gasteiger partial charge in [0.15, 0.2) is 0 Å². The van der Waals surface area contributed by atoms with Crippen molar-refractivity contribution in [2.24, 2.45) is 0 Å². The summed E-state index contributed by atoms with van der Waals surface area (Å²) in [6.07, 6.45) is 3.26. The number of aromatic nitrogens is 1. The standard InChI is InChI=1S/C22H18BrN3O3/c1-2-29-21(27)14-26-13-16(19-11-17(23)8-9-20(19)26)10-15(12-24)22(28)25-18-6-4-3-5-7-18/h3-11,13H,2,14H2,1H3,(H,25,28)/b15-10+. The number of halogens is 1. The summed E-state index contributed by atoms with van der Waals surface area (Å²) in [5, 5.41) is 13.0. The Morgan fingerprint density at radius 1 is 1.24 bits per heavy atom. The van der Waals surface area contributed by atoms with Crippen LogP contribution in [-0.4, -0.2) is 23.1 Å². The summed E-state index contributed by atoms with van der Waals surface area (Å²) in [5.74, 6) is -0.856. The first-order valence-corrected chi connectivity index (χ1v) is 9.73. The number of para-hydroxylation sites is 1. The van der Waals surface area contributed by atoms with Crippen molar-refractivity contribution in [3.05, 3.63) is 70.3 Å². The van der Waals surface area contributed by atoms with Gasteiger partial charge in [0.05, 0.1) is 6.61 Å². The lowest BCUT2D eigenvalue weighted by Gasteiger charge is -2.04. The largest absolute Gasteiger partial charge is 0.465 e. The number of carbonyl (C=O) groups is 2. The van der Waals surface area contributed by atoms with Crippen molar-refractivity contribution < 1.29 is 14.3 Å². The number of anilines is 1. The van der Waals surface area contributed by atoms with Gasteiger partial charge < -0.3 is 14.6 Å². The minimum absolute atomic E-state index is 0.0380. The highest BCUT2D eigenvalue weighted by Gasteiger charge is 2.15. The summed E-state index contributed by atoms with van der Waals surface area (Å²) in [7, 11) is 0. The Morgan fingerprint density at radius 3 is 2.69 bits per heavy atom. The molecule has 7 heteroatoms. The van der Waals surface area contributed by atoms with Crippen molar-refractivity contribution in [2.45, 2.75) is 13.5 Å². The smallest absolute Gasteiger partial charge is 0.325 e. The summed E-state index contributed by atoms with van der Waals surface area (Å²) in [6, 6.07) is 16.5. The van der Waals surface area contributed by atoms with Crippen LogP contribution < -0.4 is 5.32 Å². The molecule has 0 saturated carbocycles. The van der Waals surface area contributed by atoms with Crippen LogP contribution in [0.5, 0.6) is 0 Å². The Kier molecular flexibility index (Phi) is 6.47. The fraction of sp³-hybridized carbons (Fsp3) is 0.136. The number of carbonyl (C=O) groups excluding carboxylic acids is 2. The lowest BCUT2D eigenvalue weighted by molar-refractivity contribution is -0.143. The van der Waals surface area contributed by atoms with Gasteiger partial charge in [0, 0.05) is 32.8 Å². The van der Waals surface area contributed by atoms with Gasteiger partial charge in [-0.1, -0.05) is 34.1 Å². The van der Waals surface area contributed by atoms with Gasteiger partial charge in [-0.2, -0.15) is 5.26 Å². The normalized spacial score (nSPS) is 11.1. The van der Waals surface area contributed by atoms with Gasteiger partial charge in [-0.3, -0.25) is 9.59 Å². The number of fused-ring (bicyclic) bond motifs is 1. The predicted octanol–water partition coefficient (Wildman–Crippen LogP) is 4.51. The molecule has 0 unspecified atom stereocenters. The van der Waals surface area contributed by atoms with E-state index in [0.717, 1.165) is 15.4 Å². The SMILES string of the molecule is CCOC(=O)Cn1cc(/C=C(\C#N)C(=O)Nc2ccccc2)c2cc(Br)ccc21. The highest BCUT2D eigenvalue weighted by molar-refractivity contribution is 9.10. The molecule has 0 spiro atoms. The van der Waals surface area contributed by atoms with E-state index in [4.69, 9.17) is 4.74 Å². The van der Waals surface area contributed by atoms with E-state index in [1.807, 2.05) is 30.3 Å². The molecule has 0 atom stereocenters. The van der Waals surface area contributed by atoms with Crippen LogP contribution in [0.15, 0.2) is 64.8 Å². The van der Waals surface area contributed by atoms with Crippen molar-refractivity contribution in [2.75, 3.05) is 11.9 Å². The van der Waals surface area contributed by atoms with Gasteiger partial charge in [-0.15, -0.1) is 0 Å². The van der Waals surface area contributed by atoms with E-state index in [-0.39, 0.29) is 18.1 Å². The van der Waals surface area contributed by atoms with Gasteiger partial charge in [-0.05, 0) is 43.3 Å². The van der Waals surface area contributed by atoms with E-state index in [9.17, 15) is 14.9 Å². The van der Waals surface area contributed by atoms with Crippen LogP contribution in [0.25, 0.3) is 17.0 Å². The number of benzene rings is 2. The van der Waals surface area contributed by atoms with Crippen LogP contribution in [0.1, 0.15) is 12.5 Å². The van der Waals surface area contributed by atoms with Crippen LogP contribution in [0.3, 0.4) is 0 Å². The second kappa shape index (κ2) is 9.22. The summed E-state index contributed by atoms with van der Waals surface area (Å²) in [6.45, 7) is 2.09. The number of nitriles is 1. The van der Waals surface area contributed by atoms with Gasteiger partial charge in [0.1, 0.15) is 18.2 Å². The van der Waals surface area contributed by atoms with Crippen LogP contribution in [0, 0.1) is 11.3 Å². The summed E-state index contributed by atoms with van der Waals surface area (Å²) in [5.41, 5.74) is 2.02. The number of hydrogen-bond donors (Lipinski definition) is 1. The third kappa shape index (κ3) is 4.92. The van der Waals surface area contributed by atoms with E-state index in [2.05, 4.69) is 21.2 Å². The molecule has 0 saturated heterocycles. The molecule has 0 fully saturated rings. The molecule has 29 heavy (non-hydrogen) atoms. The monoisotopic (exact) mass is 451 g/mol. The Labute approximate surface area is 176 Å². The topological polar surface area (TPSA) is 84.1 Å². The molecule has 1 aromatic heterocycles. The van der Waals surface area contributed by atoms with E-state index in [1.165, 1.54) is 6.08 Å². The van der Waals surface area contributed by atoms with Crippen molar-refractivity contribution in [1.82, 2.24) is 4.57 Å². The minimum Gasteiger partial charge on any atom is -0.465 e. The van der Waals surface area contributed by atoms with E-state index in [0.29, 0.717) is 17.9 Å². The van der Waals surface area contributed by atoms with Crippen LogP contribution in [0.4, 0.5) is 5.69 Å². The first kappa shape index (κ1) is 20.4. The van der Waals surface area contributed by atoms with Gasteiger partial charge in [0.2, 0.25) is 0 Å². The minimum atomic E-state index is -0.500. The first-order chi connectivity index (χ1) is 14.0. The Balaban J connectivity index is 1.98. The summed E-state index contributed by atoms with van der Waals surface area (Å²) in [4.78, 5) is 24.5. The number of ether oxygens (including phenoxy) is 1. The molecular weight excluding hydrogens is 434 g/mol. The molecule has 0 aliphatic carbocycles. The highest BCUT2D eigenvalue weighted by atomic mass is 79.9. The van der Waals surface area contributed by atoms with E-state index >= 15 is 0 Å². The second-order valence-corrected chi connectivity index (χ2v) is 7.08. The average molecular weight is 452 g/mol. The molecule has 6 nitrogen and oxygen atoms in total. The Morgan fingerprint density at radius 2 is 2.00 bits per heavy atom. The molecule has 1 amide bonds. The van der Waals surface area contributed by atoms with Gasteiger partial charge in [0.25, 0.3) is 5.91 Å². The van der Waals surface area contributed by atoms with Crippen molar-refractivity contribution >= 4 is 50.5 Å². The zero-order chi connectivity index (χ0) is 20.8.